The zero-order chi connectivity index (χ0) is 25.5. The Morgan fingerprint density at radius 3 is 1.58 bits per heavy atom. The van der Waals surface area contributed by atoms with E-state index in [0.717, 1.165) is 26.9 Å². The van der Waals surface area contributed by atoms with Crippen LogP contribution in [0.3, 0.4) is 0 Å². The normalized spacial score (nSPS) is 11.3. The van der Waals surface area contributed by atoms with Gasteiger partial charge in [0, 0.05) is 37.6 Å². The number of rotatable bonds is 4. The van der Waals surface area contributed by atoms with Crippen molar-refractivity contribution in [2.45, 2.75) is 0 Å². The number of hydrogen-bond donors (Lipinski definition) is 0. The van der Waals surface area contributed by atoms with Crippen molar-refractivity contribution in [2.24, 2.45) is 0 Å². The van der Waals surface area contributed by atoms with E-state index in [1.54, 1.807) is 0 Å². The van der Waals surface area contributed by atoms with Gasteiger partial charge in [0.25, 0.3) is 0 Å². The highest BCUT2D eigenvalue weighted by Crippen LogP contribution is 2.33. The minimum atomic E-state index is 0.636. The Kier molecular flexibility index (Phi) is 5.56. The number of aromatic nitrogens is 4. The number of para-hydroxylation sites is 2. The summed E-state index contributed by atoms with van der Waals surface area (Å²) >= 11 is 3.58. The van der Waals surface area contributed by atoms with Crippen LogP contribution in [0.15, 0.2) is 132 Å². The van der Waals surface area contributed by atoms with Crippen LogP contribution < -0.4 is 0 Å². The van der Waals surface area contributed by atoms with Crippen LogP contribution in [-0.2, 0) is 0 Å². The molecular weight excluding hydrogens is 532 g/mol. The maximum absolute atomic E-state index is 4.94. The summed E-state index contributed by atoms with van der Waals surface area (Å²) in [6, 6.07) is 43.6. The van der Waals surface area contributed by atoms with Crippen molar-refractivity contribution in [3.05, 3.63) is 132 Å². The van der Waals surface area contributed by atoms with Crippen LogP contribution in [0.5, 0.6) is 0 Å². The molecule has 0 atom stereocenters. The Morgan fingerprint density at radius 2 is 0.947 bits per heavy atom. The Hall–Kier alpha value is -4.61. The first-order valence-corrected chi connectivity index (χ1v) is 13.2. The van der Waals surface area contributed by atoms with E-state index in [0.29, 0.717) is 17.5 Å². The number of hydrogen-bond acceptors (Lipinski definition) is 3. The molecule has 0 bridgehead atoms. The molecule has 38 heavy (non-hydrogen) atoms. The standard InChI is InChI=1S/C33H21BrN4/c34-25-14-8-12-23(20-25)32-35-31(22-10-2-1-3-11-22)36-33(37-32)24-13-9-15-26(21-24)38-29-18-6-4-16-27(29)28-17-5-7-19-30(28)38/h1-21H. The van der Waals surface area contributed by atoms with E-state index < -0.39 is 0 Å². The lowest BCUT2D eigenvalue weighted by molar-refractivity contribution is 1.07. The van der Waals surface area contributed by atoms with Gasteiger partial charge in [0.2, 0.25) is 0 Å². The Bertz CT molecular complexity index is 1890. The van der Waals surface area contributed by atoms with Crippen molar-refractivity contribution in [3.8, 4) is 39.9 Å². The fourth-order valence-electron chi connectivity index (χ4n) is 4.96. The topological polar surface area (TPSA) is 43.6 Å². The van der Waals surface area contributed by atoms with Crippen molar-refractivity contribution in [3.63, 3.8) is 0 Å². The van der Waals surface area contributed by atoms with Gasteiger partial charge in [0.05, 0.1) is 11.0 Å². The van der Waals surface area contributed by atoms with Crippen molar-refractivity contribution >= 4 is 37.7 Å². The lowest BCUT2D eigenvalue weighted by Crippen LogP contribution is -2.01. The zero-order valence-corrected chi connectivity index (χ0v) is 21.9. The predicted octanol–water partition coefficient (Wildman–Crippen LogP) is 8.73. The molecular formula is C33H21BrN4. The van der Waals surface area contributed by atoms with E-state index in [1.165, 1.54) is 21.8 Å². The summed E-state index contributed by atoms with van der Waals surface area (Å²) in [5.41, 5.74) is 6.21. The summed E-state index contributed by atoms with van der Waals surface area (Å²) in [5.74, 6) is 1.92. The van der Waals surface area contributed by atoms with Gasteiger partial charge in [0.1, 0.15) is 0 Å². The number of fused-ring (bicyclic) bond motifs is 3. The fraction of sp³-hybridized carbons (Fsp3) is 0. The van der Waals surface area contributed by atoms with E-state index in [1.807, 2.05) is 54.6 Å². The first-order chi connectivity index (χ1) is 18.7. The molecule has 2 heterocycles. The van der Waals surface area contributed by atoms with Crippen LogP contribution in [0.2, 0.25) is 0 Å². The molecule has 0 unspecified atom stereocenters. The molecule has 0 amide bonds. The molecule has 4 nitrogen and oxygen atoms in total. The smallest absolute Gasteiger partial charge is 0.164 e. The Labute approximate surface area is 228 Å². The van der Waals surface area contributed by atoms with Gasteiger partial charge in [-0.05, 0) is 36.4 Å². The first kappa shape index (κ1) is 22.6. The monoisotopic (exact) mass is 552 g/mol. The SMILES string of the molecule is Brc1cccc(-c2nc(-c3ccccc3)nc(-c3cccc(-n4c5ccccc5c5ccccc54)c3)n2)c1. The molecule has 180 valence electrons. The molecule has 0 aliphatic carbocycles. The van der Waals surface area contributed by atoms with Crippen LogP contribution in [0, 0.1) is 0 Å². The number of nitrogens with zero attached hydrogens (tertiary/aromatic N) is 4. The first-order valence-electron chi connectivity index (χ1n) is 12.4. The minimum absolute atomic E-state index is 0.636. The number of benzene rings is 5. The zero-order valence-electron chi connectivity index (χ0n) is 20.3. The van der Waals surface area contributed by atoms with Gasteiger partial charge in [0.15, 0.2) is 17.5 Å². The molecule has 0 aliphatic rings. The second-order valence-corrected chi connectivity index (χ2v) is 10.0. The minimum Gasteiger partial charge on any atom is -0.309 e. The second-order valence-electron chi connectivity index (χ2n) is 9.10. The van der Waals surface area contributed by atoms with E-state index in [-0.39, 0.29) is 0 Å². The predicted molar refractivity (Wildman–Crippen MR) is 158 cm³/mol. The highest BCUT2D eigenvalue weighted by atomic mass is 79.9. The van der Waals surface area contributed by atoms with Crippen molar-refractivity contribution < 1.29 is 0 Å². The summed E-state index contributed by atoms with van der Waals surface area (Å²) < 4.78 is 3.29. The fourth-order valence-corrected chi connectivity index (χ4v) is 5.36. The second kappa shape index (κ2) is 9.36. The lowest BCUT2D eigenvalue weighted by Gasteiger charge is -2.11. The quantitative estimate of drug-likeness (QED) is 0.219. The van der Waals surface area contributed by atoms with Gasteiger partial charge in [-0.3, -0.25) is 0 Å². The van der Waals surface area contributed by atoms with E-state index in [4.69, 9.17) is 15.0 Å². The summed E-state index contributed by atoms with van der Waals surface area (Å²) in [6.07, 6.45) is 0. The molecule has 7 rings (SSSR count). The maximum atomic E-state index is 4.94. The highest BCUT2D eigenvalue weighted by molar-refractivity contribution is 9.10. The third-order valence-electron chi connectivity index (χ3n) is 6.69. The summed E-state index contributed by atoms with van der Waals surface area (Å²) in [4.78, 5) is 14.7. The highest BCUT2D eigenvalue weighted by Gasteiger charge is 2.15. The molecule has 0 saturated heterocycles. The molecule has 0 aliphatic heterocycles. The van der Waals surface area contributed by atoms with Crippen LogP contribution in [0.4, 0.5) is 0 Å². The van der Waals surface area contributed by atoms with Crippen LogP contribution >= 0.6 is 15.9 Å². The van der Waals surface area contributed by atoms with Gasteiger partial charge >= 0.3 is 0 Å². The van der Waals surface area contributed by atoms with Gasteiger partial charge in [-0.25, -0.2) is 15.0 Å². The average molecular weight is 553 g/mol. The van der Waals surface area contributed by atoms with Crippen LogP contribution in [0.25, 0.3) is 61.7 Å². The summed E-state index contributed by atoms with van der Waals surface area (Å²) in [5, 5.41) is 2.47. The van der Waals surface area contributed by atoms with Crippen molar-refractivity contribution in [1.29, 1.82) is 0 Å². The largest absolute Gasteiger partial charge is 0.309 e. The Morgan fingerprint density at radius 1 is 0.447 bits per heavy atom. The maximum Gasteiger partial charge on any atom is 0.164 e. The molecule has 7 aromatic rings. The van der Waals surface area contributed by atoms with Crippen molar-refractivity contribution in [2.75, 3.05) is 0 Å². The van der Waals surface area contributed by atoms with Crippen LogP contribution in [-0.4, -0.2) is 19.5 Å². The molecule has 0 radical (unpaired) electrons. The lowest BCUT2D eigenvalue weighted by atomic mass is 10.1. The number of halogens is 1. The van der Waals surface area contributed by atoms with Gasteiger partial charge in [-0.1, -0.05) is 107 Å². The van der Waals surface area contributed by atoms with E-state index >= 15 is 0 Å². The molecule has 0 spiro atoms. The third kappa shape index (κ3) is 3.98. The molecule has 0 N–H and O–H groups in total. The van der Waals surface area contributed by atoms with E-state index in [9.17, 15) is 0 Å². The van der Waals surface area contributed by atoms with E-state index in [2.05, 4.69) is 93.3 Å². The third-order valence-corrected chi connectivity index (χ3v) is 7.19. The molecule has 5 aromatic carbocycles. The molecule has 2 aromatic heterocycles. The van der Waals surface area contributed by atoms with Crippen LogP contribution in [0.1, 0.15) is 0 Å². The molecule has 0 fully saturated rings. The summed E-state index contributed by atoms with van der Waals surface area (Å²) in [6.45, 7) is 0. The molecule has 5 heteroatoms. The van der Waals surface area contributed by atoms with Gasteiger partial charge in [-0.15, -0.1) is 0 Å². The Balaban J connectivity index is 1.44. The molecule has 0 saturated carbocycles. The van der Waals surface area contributed by atoms with Crippen molar-refractivity contribution in [1.82, 2.24) is 19.5 Å². The average Bonchev–Trinajstić information content (AvgIpc) is 3.32. The van der Waals surface area contributed by atoms with Gasteiger partial charge in [-0.2, -0.15) is 0 Å². The summed E-state index contributed by atoms with van der Waals surface area (Å²) in [7, 11) is 0. The van der Waals surface area contributed by atoms with Gasteiger partial charge < -0.3 is 4.57 Å².